The Morgan fingerprint density at radius 3 is 2.76 bits per heavy atom. The Hall–Kier alpha value is -1.16. The van der Waals surface area contributed by atoms with Gasteiger partial charge in [-0.25, -0.2) is 0 Å². The van der Waals surface area contributed by atoms with Gasteiger partial charge in [-0.2, -0.15) is 0 Å². The Kier molecular flexibility index (Phi) is 5.91. The molecule has 1 aliphatic rings. The average molecular weight is 240 g/mol. The zero-order valence-electron chi connectivity index (χ0n) is 10.6. The third kappa shape index (κ3) is 4.69. The standard InChI is InChI=1S/C13H20O4/c1-10-5-3-7-12(14)11(10)6-4-8-13(15)17-9-16-2/h3-9H2,1-2H3. The molecular weight excluding hydrogens is 220 g/mol. The minimum absolute atomic E-state index is 0.000508. The van der Waals surface area contributed by atoms with Crippen LogP contribution in [0.5, 0.6) is 0 Å². The predicted octanol–water partition coefficient (Wildman–Crippen LogP) is 2.37. The first-order valence-electron chi connectivity index (χ1n) is 6.01. The molecule has 0 aromatic carbocycles. The Bertz CT molecular complexity index is 317. The molecule has 4 heteroatoms. The van der Waals surface area contributed by atoms with E-state index < -0.39 is 0 Å². The summed E-state index contributed by atoms with van der Waals surface area (Å²) in [5.74, 6) is -0.0210. The Morgan fingerprint density at radius 2 is 2.12 bits per heavy atom. The number of ketones is 1. The number of rotatable bonds is 6. The van der Waals surface area contributed by atoms with Gasteiger partial charge in [0.05, 0.1) is 0 Å². The Morgan fingerprint density at radius 1 is 1.35 bits per heavy atom. The van der Waals surface area contributed by atoms with Crippen molar-refractivity contribution in [2.75, 3.05) is 13.9 Å². The summed E-state index contributed by atoms with van der Waals surface area (Å²) in [6.07, 6.45) is 4.32. The lowest BCUT2D eigenvalue weighted by molar-refractivity contribution is -0.154. The number of Topliss-reactive ketones (excluding diaryl/α,β-unsaturated/α-hetero) is 1. The molecule has 0 aromatic heterocycles. The molecule has 0 saturated heterocycles. The van der Waals surface area contributed by atoms with Crippen molar-refractivity contribution in [3.05, 3.63) is 11.1 Å². The van der Waals surface area contributed by atoms with Gasteiger partial charge in [-0.1, -0.05) is 5.57 Å². The van der Waals surface area contributed by atoms with Crippen molar-refractivity contribution in [3.8, 4) is 0 Å². The van der Waals surface area contributed by atoms with Crippen LogP contribution < -0.4 is 0 Å². The number of methoxy groups -OCH3 is 1. The molecule has 17 heavy (non-hydrogen) atoms. The monoisotopic (exact) mass is 240 g/mol. The number of esters is 1. The van der Waals surface area contributed by atoms with Crippen LogP contribution in [0.15, 0.2) is 11.1 Å². The van der Waals surface area contributed by atoms with Gasteiger partial charge in [0.15, 0.2) is 12.6 Å². The molecule has 1 aliphatic carbocycles. The molecule has 0 N–H and O–H groups in total. The van der Waals surface area contributed by atoms with Gasteiger partial charge in [0.1, 0.15) is 0 Å². The summed E-state index contributed by atoms with van der Waals surface area (Å²) in [6.45, 7) is 2.01. The molecule has 4 nitrogen and oxygen atoms in total. The van der Waals surface area contributed by atoms with Crippen LogP contribution >= 0.6 is 0 Å². The molecule has 0 unspecified atom stereocenters. The number of carbonyl (C=O) groups excluding carboxylic acids is 2. The van der Waals surface area contributed by atoms with Crippen molar-refractivity contribution in [1.29, 1.82) is 0 Å². The van der Waals surface area contributed by atoms with E-state index in [1.54, 1.807) is 0 Å². The second-order valence-corrected chi connectivity index (χ2v) is 4.31. The summed E-state index contributed by atoms with van der Waals surface area (Å²) in [6, 6.07) is 0. The van der Waals surface area contributed by atoms with Crippen LogP contribution in [0.3, 0.4) is 0 Å². The number of hydrogen-bond donors (Lipinski definition) is 0. The van der Waals surface area contributed by atoms with E-state index in [1.807, 2.05) is 6.92 Å². The fourth-order valence-electron chi connectivity index (χ4n) is 2.01. The second-order valence-electron chi connectivity index (χ2n) is 4.31. The van der Waals surface area contributed by atoms with E-state index in [1.165, 1.54) is 12.7 Å². The van der Waals surface area contributed by atoms with Crippen LogP contribution in [0.25, 0.3) is 0 Å². The lowest BCUT2D eigenvalue weighted by Gasteiger charge is -2.16. The van der Waals surface area contributed by atoms with Crippen molar-refractivity contribution in [3.63, 3.8) is 0 Å². The van der Waals surface area contributed by atoms with E-state index in [2.05, 4.69) is 4.74 Å². The molecular formula is C13H20O4. The molecule has 0 heterocycles. The maximum absolute atomic E-state index is 11.7. The molecule has 0 aliphatic heterocycles. The van der Waals surface area contributed by atoms with Gasteiger partial charge in [-0.05, 0) is 38.2 Å². The van der Waals surface area contributed by atoms with Crippen LogP contribution in [-0.4, -0.2) is 25.7 Å². The number of hydrogen-bond acceptors (Lipinski definition) is 4. The van der Waals surface area contributed by atoms with Crippen LogP contribution in [-0.2, 0) is 19.1 Å². The highest BCUT2D eigenvalue weighted by molar-refractivity contribution is 5.96. The van der Waals surface area contributed by atoms with Crippen molar-refractivity contribution in [1.82, 2.24) is 0 Å². The van der Waals surface area contributed by atoms with E-state index >= 15 is 0 Å². The van der Waals surface area contributed by atoms with E-state index in [0.717, 1.165) is 18.4 Å². The van der Waals surface area contributed by atoms with Crippen LogP contribution in [0.1, 0.15) is 45.4 Å². The highest BCUT2D eigenvalue weighted by Gasteiger charge is 2.17. The van der Waals surface area contributed by atoms with E-state index in [-0.39, 0.29) is 18.5 Å². The van der Waals surface area contributed by atoms with Crippen LogP contribution in [0.2, 0.25) is 0 Å². The number of carbonyl (C=O) groups is 2. The SMILES string of the molecule is COCOC(=O)CCCC1=C(C)CCCC1=O. The zero-order chi connectivity index (χ0) is 12.7. The molecule has 0 aromatic rings. The highest BCUT2D eigenvalue weighted by atomic mass is 16.7. The normalized spacial score (nSPS) is 16.2. The lowest BCUT2D eigenvalue weighted by Crippen LogP contribution is -2.12. The average Bonchev–Trinajstić information content (AvgIpc) is 2.30. The molecule has 96 valence electrons. The predicted molar refractivity (Wildman–Crippen MR) is 63.4 cm³/mol. The summed E-state index contributed by atoms with van der Waals surface area (Å²) in [4.78, 5) is 22.9. The van der Waals surface area contributed by atoms with E-state index in [4.69, 9.17) is 4.74 Å². The van der Waals surface area contributed by atoms with Gasteiger partial charge >= 0.3 is 5.97 Å². The van der Waals surface area contributed by atoms with Crippen molar-refractivity contribution < 1.29 is 19.1 Å². The third-order valence-electron chi connectivity index (χ3n) is 2.95. The van der Waals surface area contributed by atoms with Crippen LogP contribution in [0.4, 0.5) is 0 Å². The van der Waals surface area contributed by atoms with Crippen molar-refractivity contribution in [2.24, 2.45) is 0 Å². The maximum Gasteiger partial charge on any atom is 0.307 e. The van der Waals surface area contributed by atoms with Gasteiger partial charge in [0.2, 0.25) is 0 Å². The zero-order valence-corrected chi connectivity index (χ0v) is 10.6. The van der Waals surface area contributed by atoms with Crippen molar-refractivity contribution >= 4 is 11.8 Å². The molecule has 0 spiro atoms. The smallest absolute Gasteiger partial charge is 0.307 e. The highest BCUT2D eigenvalue weighted by Crippen LogP contribution is 2.25. The van der Waals surface area contributed by atoms with Gasteiger partial charge in [-0.15, -0.1) is 0 Å². The van der Waals surface area contributed by atoms with Gasteiger partial charge in [0.25, 0.3) is 0 Å². The molecule has 0 atom stereocenters. The Balaban J connectivity index is 2.30. The Labute approximate surface area is 102 Å². The van der Waals surface area contributed by atoms with Gasteiger partial charge in [0, 0.05) is 20.0 Å². The molecule has 0 bridgehead atoms. The third-order valence-corrected chi connectivity index (χ3v) is 2.95. The molecule has 0 radical (unpaired) electrons. The summed E-state index contributed by atoms with van der Waals surface area (Å²) in [5.41, 5.74) is 2.11. The molecule has 0 saturated carbocycles. The van der Waals surface area contributed by atoms with Gasteiger partial charge < -0.3 is 9.47 Å². The largest absolute Gasteiger partial charge is 0.438 e. The van der Waals surface area contributed by atoms with E-state index in [9.17, 15) is 9.59 Å². The fraction of sp³-hybridized carbons (Fsp3) is 0.692. The second kappa shape index (κ2) is 7.22. The quantitative estimate of drug-likeness (QED) is 0.528. The summed E-state index contributed by atoms with van der Waals surface area (Å²) in [7, 11) is 1.47. The first-order valence-corrected chi connectivity index (χ1v) is 6.01. The fourth-order valence-corrected chi connectivity index (χ4v) is 2.01. The molecule has 0 fully saturated rings. The molecule has 1 rings (SSSR count). The molecule has 0 amide bonds. The first kappa shape index (κ1) is 13.9. The summed E-state index contributed by atoms with van der Waals surface area (Å²) in [5, 5.41) is 0. The topological polar surface area (TPSA) is 52.6 Å². The van der Waals surface area contributed by atoms with Gasteiger partial charge in [-0.3, -0.25) is 9.59 Å². The maximum atomic E-state index is 11.7. The minimum atomic E-state index is -0.270. The first-order chi connectivity index (χ1) is 8.15. The van der Waals surface area contributed by atoms with Crippen molar-refractivity contribution in [2.45, 2.75) is 45.4 Å². The van der Waals surface area contributed by atoms with E-state index in [0.29, 0.717) is 25.7 Å². The lowest BCUT2D eigenvalue weighted by atomic mass is 9.88. The summed E-state index contributed by atoms with van der Waals surface area (Å²) >= 11 is 0. The number of allylic oxidation sites excluding steroid dienone is 2. The number of ether oxygens (including phenoxy) is 2. The summed E-state index contributed by atoms with van der Waals surface area (Å²) < 4.78 is 9.41. The van der Waals surface area contributed by atoms with Crippen LogP contribution in [0, 0.1) is 0 Å². The minimum Gasteiger partial charge on any atom is -0.438 e.